The Morgan fingerprint density at radius 2 is 2.00 bits per heavy atom. The summed E-state index contributed by atoms with van der Waals surface area (Å²) >= 11 is 0. The number of aryl methyl sites for hydroxylation is 1. The Kier molecular flexibility index (Phi) is 8.28. The van der Waals surface area contributed by atoms with Gasteiger partial charge in [0.1, 0.15) is 30.0 Å². The van der Waals surface area contributed by atoms with E-state index in [0.29, 0.717) is 12.5 Å². The molecule has 2 saturated heterocycles. The number of ether oxygens (including phenoxy) is 2. The number of hydrogen-bond acceptors (Lipinski definition) is 7. The van der Waals surface area contributed by atoms with E-state index in [2.05, 4.69) is 58.1 Å². The maximum Gasteiger partial charge on any atom is 0.243 e. The fraction of sp³-hybridized carbons (Fsp3) is 0.469. The number of rotatable bonds is 9. The number of carbonyl (C=O) groups excluding carboxylic acids is 1. The van der Waals surface area contributed by atoms with Gasteiger partial charge in [0.25, 0.3) is 0 Å². The van der Waals surface area contributed by atoms with Gasteiger partial charge in [-0.3, -0.25) is 9.69 Å². The molecule has 2 aliphatic heterocycles. The lowest BCUT2D eigenvalue weighted by Crippen LogP contribution is -2.52. The summed E-state index contributed by atoms with van der Waals surface area (Å²) in [5, 5.41) is 0. The first-order valence-electron chi connectivity index (χ1n) is 14.8. The largest absolute Gasteiger partial charge is 0.497 e. The molecule has 2 aromatic carbocycles. The van der Waals surface area contributed by atoms with Crippen LogP contribution in [-0.4, -0.2) is 101 Å². The van der Waals surface area contributed by atoms with Gasteiger partial charge in [0.2, 0.25) is 5.91 Å². The van der Waals surface area contributed by atoms with Gasteiger partial charge >= 0.3 is 0 Å². The Morgan fingerprint density at radius 1 is 1.17 bits per heavy atom. The molecule has 10 nitrogen and oxygen atoms in total. The standard InChI is InChI=1S/C32H41N7O3/c1-22-34-27-10-9-26(41-4)15-29(27)39(22)20-31(40)38-13-12-37(18-24-11-14-42-21-24)19-30(38)32-33-16-28(35-32)25-7-5-23(6-8-25)17-36(2)3/h5-10,15-16,24,30H,11-14,17-21H2,1-4H3,(H,33,35). The summed E-state index contributed by atoms with van der Waals surface area (Å²) in [6, 6.07) is 14.2. The number of hydrogen-bond donors (Lipinski definition) is 1. The SMILES string of the molecule is COc1ccc2nc(C)n(CC(=O)N3CCN(CC4CCOC4)CC3c3ncc(-c4ccc(CN(C)C)cc4)[nH]3)c2c1. The van der Waals surface area contributed by atoms with Gasteiger partial charge in [0.15, 0.2) is 0 Å². The highest BCUT2D eigenvalue weighted by Crippen LogP contribution is 2.29. The molecule has 1 N–H and O–H groups in total. The first-order valence-corrected chi connectivity index (χ1v) is 14.8. The number of aromatic amines is 1. The number of amides is 1. The molecule has 42 heavy (non-hydrogen) atoms. The van der Waals surface area contributed by atoms with Gasteiger partial charge in [-0.05, 0) is 56.6 Å². The minimum atomic E-state index is -0.181. The predicted octanol–water partition coefficient (Wildman–Crippen LogP) is 3.73. The number of carbonyl (C=O) groups is 1. The fourth-order valence-electron chi connectivity index (χ4n) is 6.21. The van der Waals surface area contributed by atoms with Crippen LogP contribution in [0.4, 0.5) is 0 Å². The van der Waals surface area contributed by atoms with Crippen LogP contribution in [0.2, 0.25) is 0 Å². The molecular weight excluding hydrogens is 530 g/mol. The van der Waals surface area contributed by atoms with Crippen molar-refractivity contribution in [3.8, 4) is 17.0 Å². The minimum absolute atomic E-state index is 0.0556. The van der Waals surface area contributed by atoms with Crippen molar-refractivity contribution >= 4 is 16.9 Å². The highest BCUT2D eigenvalue weighted by molar-refractivity contribution is 5.82. The molecule has 0 radical (unpaired) electrons. The Bertz CT molecular complexity index is 1520. The van der Waals surface area contributed by atoms with Crippen LogP contribution in [0.3, 0.4) is 0 Å². The van der Waals surface area contributed by atoms with Gasteiger partial charge in [0, 0.05) is 45.4 Å². The van der Waals surface area contributed by atoms with Crippen molar-refractivity contribution in [2.45, 2.75) is 32.5 Å². The molecule has 2 atom stereocenters. The Balaban J connectivity index is 1.25. The number of nitrogens with zero attached hydrogens (tertiary/aromatic N) is 6. The van der Waals surface area contributed by atoms with Crippen LogP contribution >= 0.6 is 0 Å². The van der Waals surface area contributed by atoms with Crippen LogP contribution in [0.15, 0.2) is 48.7 Å². The zero-order valence-electron chi connectivity index (χ0n) is 25.0. The molecule has 222 valence electrons. The van der Waals surface area contributed by atoms with Gasteiger partial charge in [0.05, 0.1) is 36.6 Å². The number of methoxy groups -OCH3 is 1. The van der Waals surface area contributed by atoms with Crippen molar-refractivity contribution in [3.63, 3.8) is 0 Å². The third-order valence-corrected chi connectivity index (χ3v) is 8.44. The van der Waals surface area contributed by atoms with Crippen molar-refractivity contribution in [2.24, 2.45) is 5.92 Å². The maximum absolute atomic E-state index is 14.0. The van der Waals surface area contributed by atoms with E-state index in [-0.39, 0.29) is 18.5 Å². The number of aromatic nitrogens is 4. The van der Waals surface area contributed by atoms with Gasteiger partial charge in [-0.2, -0.15) is 0 Å². The number of H-pyrrole nitrogens is 1. The summed E-state index contributed by atoms with van der Waals surface area (Å²) in [5.74, 6) is 2.96. The molecule has 2 fully saturated rings. The molecular formula is C32H41N7O3. The number of imidazole rings is 2. The van der Waals surface area contributed by atoms with Crippen molar-refractivity contribution in [1.82, 2.24) is 34.2 Å². The third-order valence-electron chi connectivity index (χ3n) is 8.44. The average molecular weight is 572 g/mol. The van der Waals surface area contributed by atoms with E-state index in [4.69, 9.17) is 14.5 Å². The minimum Gasteiger partial charge on any atom is -0.497 e. The van der Waals surface area contributed by atoms with E-state index in [1.165, 1.54) is 5.56 Å². The fourth-order valence-corrected chi connectivity index (χ4v) is 6.21. The zero-order valence-corrected chi connectivity index (χ0v) is 25.0. The molecule has 4 aromatic rings. The van der Waals surface area contributed by atoms with Crippen LogP contribution in [0, 0.1) is 12.8 Å². The van der Waals surface area contributed by atoms with E-state index in [1.54, 1.807) is 7.11 Å². The normalized spacial score (nSPS) is 19.7. The van der Waals surface area contributed by atoms with Crippen molar-refractivity contribution in [2.75, 3.05) is 60.6 Å². The first kappa shape index (κ1) is 28.4. The van der Waals surface area contributed by atoms with Crippen LogP contribution in [-0.2, 0) is 22.6 Å². The van der Waals surface area contributed by atoms with Crippen molar-refractivity contribution in [1.29, 1.82) is 0 Å². The molecule has 10 heteroatoms. The number of piperazine rings is 1. The van der Waals surface area contributed by atoms with Crippen LogP contribution in [0.5, 0.6) is 5.75 Å². The van der Waals surface area contributed by atoms with Crippen molar-refractivity contribution < 1.29 is 14.3 Å². The third kappa shape index (κ3) is 6.06. The quantitative estimate of drug-likeness (QED) is 0.327. The second-order valence-electron chi connectivity index (χ2n) is 11.8. The highest BCUT2D eigenvalue weighted by Gasteiger charge is 2.35. The molecule has 6 rings (SSSR count). The summed E-state index contributed by atoms with van der Waals surface area (Å²) in [6.45, 7) is 7.88. The predicted molar refractivity (Wildman–Crippen MR) is 162 cm³/mol. The molecule has 0 bridgehead atoms. The number of benzene rings is 2. The summed E-state index contributed by atoms with van der Waals surface area (Å²) < 4.78 is 13.1. The molecule has 1 amide bonds. The molecule has 4 heterocycles. The van der Waals surface area contributed by atoms with Crippen LogP contribution in [0.25, 0.3) is 22.3 Å². The average Bonchev–Trinajstić information content (AvgIpc) is 3.74. The van der Waals surface area contributed by atoms with E-state index in [9.17, 15) is 4.79 Å². The number of nitrogens with one attached hydrogen (secondary N) is 1. The summed E-state index contributed by atoms with van der Waals surface area (Å²) in [6.07, 6.45) is 2.98. The monoisotopic (exact) mass is 571 g/mol. The molecule has 2 unspecified atom stereocenters. The van der Waals surface area contributed by atoms with Crippen LogP contribution < -0.4 is 4.74 Å². The molecule has 0 aliphatic carbocycles. The van der Waals surface area contributed by atoms with E-state index < -0.39 is 0 Å². The van der Waals surface area contributed by atoms with E-state index >= 15 is 0 Å². The Morgan fingerprint density at radius 3 is 2.74 bits per heavy atom. The second-order valence-corrected chi connectivity index (χ2v) is 11.8. The van der Waals surface area contributed by atoms with Gasteiger partial charge in [-0.25, -0.2) is 9.97 Å². The van der Waals surface area contributed by atoms with Crippen molar-refractivity contribution in [3.05, 3.63) is 65.9 Å². The lowest BCUT2D eigenvalue weighted by Gasteiger charge is -2.41. The molecule has 0 saturated carbocycles. The van der Waals surface area contributed by atoms with Crippen LogP contribution in [0.1, 0.15) is 29.7 Å². The maximum atomic E-state index is 14.0. The Labute approximate surface area is 247 Å². The van der Waals surface area contributed by atoms with Gasteiger partial charge in [-0.15, -0.1) is 0 Å². The highest BCUT2D eigenvalue weighted by atomic mass is 16.5. The summed E-state index contributed by atoms with van der Waals surface area (Å²) in [7, 11) is 5.79. The smallest absolute Gasteiger partial charge is 0.243 e. The topological polar surface area (TPSA) is 91.8 Å². The molecule has 0 spiro atoms. The van der Waals surface area contributed by atoms with Gasteiger partial charge in [-0.1, -0.05) is 24.3 Å². The summed E-state index contributed by atoms with van der Waals surface area (Å²) in [5.41, 5.74) is 5.06. The van der Waals surface area contributed by atoms with E-state index in [0.717, 1.165) is 85.5 Å². The zero-order chi connectivity index (χ0) is 29.2. The lowest BCUT2D eigenvalue weighted by molar-refractivity contribution is -0.137. The molecule has 2 aliphatic rings. The lowest BCUT2D eigenvalue weighted by atomic mass is 10.1. The second kappa shape index (κ2) is 12.2. The number of fused-ring (bicyclic) bond motifs is 1. The first-order chi connectivity index (χ1) is 20.4. The van der Waals surface area contributed by atoms with E-state index in [1.807, 2.05) is 40.8 Å². The van der Waals surface area contributed by atoms with Gasteiger partial charge < -0.3 is 28.8 Å². The Hall–Kier alpha value is -3.73. The summed E-state index contributed by atoms with van der Waals surface area (Å²) in [4.78, 5) is 33.7. The molecule has 2 aromatic heterocycles.